The topological polar surface area (TPSA) is 37.4 Å². The maximum absolute atomic E-state index is 12.5. The third-order valence-electron chi connectivity index (χ3n) is 2.96. The van der Waals surface area contributed by atoms with E-state index in [9.17, 15) is 8.42 Å². The number of thiophene rings is 1. The summed E-state index contributed by atoms with van der Waals surface area (Å²) in [5, 5.41) is 1.84. The van der Waals surface area contributed by atoms with Crippen molar-refractivity contribution in [2.24, 2.45) is 0 Å². The van der Waals surface area contributed by atoms with Crippen LogP contribution in [0.3, 0.4) is 0 Å². The van der Waals surface area contributed by atoms with Crippen LogP contribution < -0.4 is 0 Å². The van der Waals surface area contributed by atoms with Gasteiger partial charge in [-0.1, -0.05) is 6.92 Å². The number of hydrogen-bond donors (Lipinski definition) is 0. The molecule has 1 unspecified atom stereocenters. The van der Waals surface area contributed by atoms with Crippen LogP contribution in [0.1, 0.15) is 30.7 Å². The molecule has 0 amide bonds. The van der Waals surface area contributed by atoms with Gasteiger partial charge in [0.05, 0.1) is 5.88 Å². The number of halogens is 1. The van der Waals surface area contributed by atoms with Crippen LogP contribution in [0, 0.1) is 6.92 Å². The zero-order valence-corrected chi connectivity index (χ0v) is 12.9. The van der Waals surface area contributed by atoms with Gasteiger partial charge in [0, 0.05) is 18.0 Å². The molecule has 0 aliphatic heterocycles. The molecule has 0 radical (unpaired) electrons. The first kappa shape index (κ1) is 15.0. The Balaban J connectivity index is 3.26. The Bertz CT molecular complexity index is 482. The maximum atomic E-state index is 12.5. The zero-order valence-electron chi connectivity index (χ0n) is 10.5. The van der Waals surface area contributed by atoms with Crippen LogP contribution >= 0.6 is 22.9 Å². The van der Waals surface area contributed by atoms with E-state index in [-0.39, 0.29) is 11.9 Å². The van der Waals surface area contributed by atoms with Crippen LogP contribution in [0.2, 0.25) is 0 Å². The van der Waals surface area contributed by atoms with Crippen molar-refractivity contribution in [2.75, 3.05) is 7.05 Å². The number of aryl methyl sites for hydroxylation is 1. The second-order valence-corrected chi connectivity index (χ2v) is 7.25. The van der Waals surface area contributed by atoms with Gasteiger partial charge in [-0.25, -0.2) is 8.42 Å². The van der Waals surface area contributed by atoms with Crippen LogP contribution in [0.15, 0.2) is 10.3 Å². The summed E-state index contributed by atoms with van der Waals surface area (Å²) in [6.45, 7) is 5.68. The first-order valence-corrected chi connectivity index (χ1v) is 8.32. The molecule has 0 saturated heterocycles. The van der Waals surface area contributed by atoms with E-state index in [1.165, 1.54) is 15.6 Å². The highest BCUT2D eigenvalue weighted by molar-refractivity contribution is 7.89. The molecule has 1 atom stereocenters. The minimum absolute atomic E-state index is 0.0116. The summed E-state index contributed by atoms with van der Waals surface area (Å²) >= 11 is 7.20. The standard InChI is InChI=1S/C11H18ClNO2S2/c1-5-9(3)13(4)17(14,15)11-8(2)7-16-10(11)6-12/h7,9H,5-6H2,1-4H3. The van der Waals surface area contributed by atoms with Gasteiger partial charge in [0.1, 0.15) is 4.90 Å². The third kappa shape index (κ3) is 2.84. The lowest BCUT2D eigenvalue weighted by atomic mass is 10.3. The highest BCUT2D eigenvalue weighted by atomic mass is 35.5. The van der Waals surface area contributed by atoms with E-state index >= 15 is 0 Å². The minimum Gasteiger partial charge on any atom is -0.207 e. The van der Waals surface area contributed by atoms with Crippen LogP contribution in [-0.2, 0) is 15.9 Å². The molecule has 0 fully saturated rings. The van der Waals surface area contributed by atoms with E-state index in [1.54, 1.807) is 7.05 Å². The second kappa shape index (κ2) is 5.69. The number of alkyl halides is 1. The fraction of sp³-hybridized carbons (Fsp3) is 0.636. The van der Waals surface area contributed by atoms with Gasteiger partial charge in [-0.05, 0) is 31.2 Å². The summed E-state index contributed by atoms with van der Waals surface area (Å²) in [4.78, 5) is 1.11. The summed E-state index contributed by atoms with van der Waals surface area (Å²) in [6.07, 6.45) is 0.787. The molecule has 0 aromatic carbocycles. The molecule has 1 rings (SSSR count). The van der Waals surface area contributed by atoms with Crippen LogP contribution in [-0.4, -0.2) is 25.8 Å². The van der Waals surface area contributed by atoms with Gasteiger partial charge in [0.15, 0.2) is 0 Å². The number of sulfonamides is 1. The summed E-state index contributed by atoms with van der Waals surface area (Å²) in [5.74, 6) is 0.238. The molecule has 0 bridgehead atoms. The molecule has 3 nitrogen and oxygen atoms in total. The molecule has 6 heteroatoms. The molecule has 0 aliphatic carbocycles. The molecule has 1 aromatic rings. The normalized spacial score (nSPS) is 14.2. The highest BCUT2D eigenvalue weighted by Gasteiger charge is 2.29. The molecule has 0 spiro atoms. The molecule has 0 N–H and O–H groups in total. The molecule has 0 aliphatic rings. The van der Waals surface area contributed by atoms with Crippen molar-refractivity contribution in [1.29, 1.82) is 0 Å². The molecule has 1 aromatic heterocycles. The second-order valence-electron chi connectivity index (χ2n) is 4.08. The Morgan fingerprint density at radius 1 is 1.53 bits per heavy atom. The van der Waals surface area contributed by atoms with Gasteiger partial charge in [-0.3, -0.25) is 0 Å². The average Bonchev–Trinajstić information content (AvgIpc) is 2.68. The Morgan fingerprint density at radius 3 is 2.59 bits per heavy atom. The van der Waals surface area contributed by atoms with E-state index < -0.39 is 10.0 Å². The molecule has 1 heterocycles. The van der Waals surface area contributed by atoms with Crippen LogP contribution in [0.25, 0.3) is 0 Å². The van der Waals surface area contributed by atoms with E-state index in [0.717, 1.165) is 16.9 Å². The quantitative estimate of drug-likeness (QED) is 0.782. The van der Waals surface area contributed by atoms with Gasteiger partial charge in [0.25, 0.3) is 0 Å². The number of nitrogens with zero attached hydrogens (tertiary/aromatic N) is 1. The van der Waals surface area contributed by atoms with Crippen molar-refractivity contribution < 1.29 is 8.42 Å². The molecular formula is C11H18ClNO2S2. The summed E-state index contributed by atoms with van der Waals surface area (Å²) in [5.41, 5.74) is 0.779. The Morgan fingerprint density at radius 2 is 2.12 bits per heavy atom. The monoisotopic (exact) mass is 295 g/mol. The van der Waals surface area contributed by atoms with Gasteiger partial charge in [-0.2, -0.15) is 4.31 Å². The third-order valence-corrected chi connectivity index (χ3v) is 6.82. The van der Waals surface area contributed by atoms with Crippen molar-refractivity contribution in [1.82, 2.24) is 4.31 Å². The number of hydrogen-bond acceptors (Lipinski definition) is 3. The smallest absolute Gasteiger partial charge is 0.207 e. The van der Waals surface area contributed by atoms with Gasteiger partial charge >= 0.3 is 0 Å². The van der Waals surface area contributed by atoms with E-state index in [2.05, 4.69) is 0 Å². The van der Waals surface area contributed by atoms with Crippen molar-refractivity contribution in [3.63, 3.8) is 0 Å². The largest absolute Gasteiger partial charge is 0.244 e. The van der Waals surface area contributed by atoms with Gasteiger partial charge in [0.2, 0.25) is 10.0 Å². The average molecular weight is 296 g/mol. The van der Waals surface area contributed by atoms with E-state index in [0.29, 0.717) is 4.90 Å². The van der Waals surface area contributed by atoms with E-state index in [4.69, 9.17) is 11.6 Å². The molecule has 17 heavy (non-hydrogen) atoms. The lowest BCUT2D eigenvalue weighted by Gasteiger charge is -2.23. The van der Waals surface area contributed by atoms with Crippen molar-refractivity contribution >= 4 is 33.0 Å². The van der Waals surface area contributed by atoms with E-state index in [1.807, 2.05) is 26.2 Å². The summed E-state index contributed by atoms with van der Waals surface area (Å²) in [7, 11) is -1.80. The Hall–Kier alpha value is -0.100. The highest BCUT2D eigenvalue weighted by Crippen LogP contribution is 2.31. The molecule has 98 valence electrons. The van der Waals surface area contributed by atoms with Crippen molar-refractivity contribution in [2.45, 2.75) is 44.0 Å². The summed E-state index contributed by atoms with van der Waals surface area (Å²) in [6, 6.07) is -0.0116. The van der Waals surface area contributed by atoms with Crippen molar-refractivity contribution in [3.8, 4) is 0 Å². The van der Waals surface area contributed by atoms with Crippen LogP contribution in [0.5, 0.6) is 0 Å². The predicted octanol–water partition coefficient (Wildman–Crippen LogP) is 3.21. The van der Waals surface area contributed by atoms with Gasteiger partial charge in [-0.15, -0.1) is 22.9 Å². The zero-order chi connectivity index (χ0) is 13.2. The van der Waals surface area contributed by atoms with Gasteiger partial charge < -0.3 is 0 Å². The SMILES string of the molecule is CCC(C)N(C)S(=O)(=O)c1c(C)csc1CCl. The fourth-order valence-corrected chi connectivity index (χ4v) is 5.01. The molecular weight excluding hydrogens is 278 g/mol. The molecule has 0 saturated carbocycles. The first-order valence-electron chi connectivity index (χ1n) is 5.47. The fourth-order valence-electron chi connectivity index (χ4n) is 1.56. The lowest BCUT2D eigenvalue weighted by Crippen LogP contribution is -2.35. The van der Waals surface area contributed by atoms with Crippen LogP contribution in [0.4, 0.5) is 0 Å². The van der Waals surface area contributed by atoms with Crippen molar-refractivity contribution in [3.05, 3.63) is 15.8 Å². The Labute approximate surface area is 112 Å². The lowest BCUT2D eigenvalue weighted by molar-refractivity contribution is 0.380. The first-order chi connectivity index (χ1) is 7.86. The maximum Gasteiger partial charge on any atom is 0.244 e. The minimum atomic E-state index is -3.42. The predicted molar refractivity (Wildman–Crippen MR) is 73.3 cm³/mol. The number of rotatable bonds is 5. The summed E-state index contributed by atoms with van der Waals surface area (Å²) < 4.78 is 26.4. The Kier molecular flexibility index (Phi) is 5.01.